The average Bonchev–Trinajstić information content (AvgIpc) is 3.11. The fourth-order valence-corrected chi connectivity index (χ4v) is 3.43. The van der Waals surface area contributed by atoms with Crippen LogP contribution in [0, 0.1) is 0 Å². The van der Waals surface area contributed by atoms with Gasteiger partial charge in [-0.25, -0.2) is 0 Å². The Morgan fingerprint density at radius 1 is 1.14 bits per heavy atom. The molecule has 5 nitrogen and oxygen atoms in total. The molecule has 148 valence electrons. The van der Waals surface area contributed by atoms with Gasteiger partial charge >= 0.3 is 0 Å². The van der Waals surface area contributed by atoms with Crippen molar-refractivity contribution >= 4 is 40.7 Å². The molecule has 1 fully saturated rings. The van der Waals surface area contributed by atoms with Crippen LogP contribution in [0.1, 0.15) is 29.6 Å². The van der Waals surface area contributed by atoms with Gasteiger partial charge in [-0.2, -0.15) is 0 Å². The zero-order valence-corrected chi connectivity index (χ0v) is 17.2. The fraction of sp³-hybridized carbons (Fsp3) is 0.333. The van der Waals surface area contributed by atoms with Crippen molar-refractivity contribution in [3.63, 3.8) is 0 Å². The topological polar surface area (TPSA) is 49.9 Å². The van der Waals surface area contributed by atoms with Gasteiger partial charge in [0.2, 0.25) is 5.91 Å². The van der Waals surface area contributed by atoms with E-state index >= 15 is 0 Å². The van der Waals surface area contributed by atoms with Gasteiger partial charge in [-0.15, -0.1) is 0 Å². The first-order valence-corrected chi connectivity index (χ1v) is 9.95. The van der Waals surface area contributed by atoms with Crippen LogP contribution in [0.5, 0.6) is 5.75 Å². The van der Waals surface area contributed by atoms with Crippen molar-refractivity contribution in [2.75, 3.05) is 31.6 Å². The van der Waals surface area contributed by atoms with E-state index in [2.05, 4.69) is 0 Å². The molecule has 7 heteroatoms. The number of nitrogens with zero attached hydrogens (tertiary/aromatic N) is 2. The summed E-state index contributed by atoms with van der Waals surface area (Å²) in [7, 11) is 1.74. The van der Waals surface area contributed by atoms with Crippen molar-refractivity contribution < 1.29 is 14.3 Å². The van der Waals surface area contributed by atoms with Crippen LogP contribution in [0.2, 0.25) is 10.0 Å². The van der Waals surface area contributed by atoms with Crippen LogP contribution in [0.4, 0.5) is 5.69 Å². The molecule has 1 heterocycles. The largest absolute Gasteiger partial charge is 0.494 e. The summed E-state index contributed by atoms with van der Waals surface area (Å²) in [6.07, 6.45) is 1.96. The third kappa shape index (κ3) is 4.97. The summed E-state index contributed by atoms with van der Waals surface area (Å²) in [5, 5.41) is 1.17. The highest BCUT2D eigenvalue weighted by molar-refractivity contribution is 6.31. The van der Waals surface area contributed by atoms with E-state index in [0.29, 0.717) is 53.8 Å². The number of amides is 2. The Balaban J connectivity index is 1.60. The zero-order valence-electron chi connectivity index (χ0n) is 15.7. The molecule has 0 bridgehead atoms. The first-order valence-electron chi connectivity index (χ1n) is 9.19. The SMILES string of the molecule is CN(CCCOc1ccc(Cl)cc1)C(=O)c1ccc(Cl)cc1N1CCCC1=O. The molecule has 0 saturated carbocycles. The lowest BCUT2D eigenvalue weighted by Gasteiger charge is -2.23. The third-order valence-corrected chi connectivity index (χ3v) is 5.11. The number of rotatable bonds is 7. The Morgan fingerprint density at radius 2 is 1.86 bits per heavy atom. The molecule has 0 N–H and O–H groups in total. The number of hydrogen-bond acceptors (Lipinski definition) is 3. The highest BCUT2D eigenvalue weighted by Gasteiger charge is 2.27. The van der Waals surface area contributed by atoms with Crippen LogP contribution >= 0.6 is 23.2 Å². The molecule has 2 aromatic rings. The van der Waals surface area contributed by atoms with E-state index in [1.165, 1.54) is 0 Å². The highest BCUT2D eigenvalue weighted by Crippen LogP contribution is 2.29. The van der Waals surface area contributed by atoms with Crippen molar-refractivity contribution in [1.29, 1.82) is 0 Å². The Hall–Kier alpha value is -2.24. The van der Waals surface area contributed by atoms with Crippen LogP contribution < -0.4 is 9.64 Å². The number of anilines is 1. The van der Waals surface area contributed by atoms with Crippen LogP contribution in [0.3, 0.4) is 0 Å². The van der Waals surface area contributed by atoms with Gasteiger partial charge in [-0.3, -0.25) is 9.59 Å². The van der Waals surface area contributed by atoms with E-state index < -0.39 is 0 Å². The predicted octanol–water partition coefficient (Wildman–Crippen LogP) is 4.66. The summed E-state index contributed by atoms with van der Waals surface area (Å²) in [6, 6.07) is 12.2. The van der Waals surface area contributed by atoms with Gasteiger partial charge in [0.25, 0.3) is 5.91 Å². The normalized spacial score (nSPS) is 13.7. The van der Waals surface area contributed by atoms with Crippen LogP contribution in [0.25, 0.3) is 0 Å². The van der Waals surface area contributed by atoms with E-state index in [1.54, 1.807) is 47.2 Å². The Labute approximate surface area is 174 Å². The van der Waals surface area contributed by atoms with Gasteiger partial charge in [0, 0.05) is 36.6 Å². The summed E-state index contributed by atoms with van der Waals surface area (Å²) < 4.78 is 5.66. The van der Waals surface area contributed by atoms with Gasteiger partial charge in [0.1, 0.15) is 5.75 Å². The molecule has 1 aliphatic heterocycles. The predicted molar refractivity (Wildman–Crippen MR) is 112 cm³/mol. The molecule has 0 aromatic heterocycles. The van der Waals surface area contributed by atoms with Gasteiger partial charge in [-0.05, 0) is 55.3 Å². The first-order chi connectivity index (χ1) is 13.5. The number of benzene rings is 2. The summed E-state index contributed by atoms with van der Waals surface area (Å²) in [5.74, 6) is 0.624. The minimum atomic E-state index is -0.141. The Kier molecular flexibility index (Phi) is 6.81. The number of halogens is 2. The second-order valence-electron chi connectivity index (χ2n) is 6.69. The minimum absolute atomic E-state index is 0.0235. The molecular formula is C21H22Cl2N2O3. The zero-order chi connectivity index (χ0) is 20.1. The van der Waals surface area contributed by atoms with Gasteiger partial charge in [0.15, 0.2) is 0 Å². The molecular weight excluding hydrogens is 399 g/mol. The van der Waals surface area contributed by atoms with Crippen LogP contribution in [-0.4, -0.2) is 43.5 Å². The quantitative estimate of drug-likeness (QED) is 0.611. The summed E-state index contributed by atoms with van der Waals surface area (Å²) in [6.45, 7) is 1.62. The molecule has 0 aliphatic carbocycles. The minimum Gasteiger partial charge on any atom is -0.494 e. The molecule has 1 aliphatic rings. The van der Waals surface area contributed by atoms with Crippen molar-refractivity contribution in [3.8, 4) is 5.75 Å². The van der Waals surface area contributed by atoms with Gasteiger partial charge in [0.05, 0.1) is 17.9 Å². The molecule has 2 aromatic carbocycles. The number of carbonyl (C=O) groups excluding carboxylic acids is 2. The first kappa shape index (κ1) is 20.5. The summed E-state index contributed by atoms with van der Waals surface area (Å²) in [5.41, 5.74) is 1.07. The number of carbonyl (C=O) groups is 2. The average molecular weight is 421 g/mol. The van der Waals surface area contributed by atoms with E-state index in [1.807, 2.05) is 12.1 Å². The van der Waals surface area contributed by atoms with Gasteiger partial charge < -0.3 is 14.5 Å². The van der Waals surface area contributed by atoms with E-state index in [0.717, 1.165) is 12.2 Å². The maximum Gasteiger partial charge on any atom is 0.255 e. The third-order valence-electron chi connectivity index (χ3n) is 4.62. The Bertz CT molecular complexity index is 855. The molecule has 0 atom stereocenters. The smallest absolute Gasteiger partial charge is 0.255 e. The van der Waals surface area contributed by atoms with E-state index in [-0.39, 0.29) is 11.8 Å². The Morgan fingerprint density at radius 3 is 2.54 bits per heavy atom. The van der Waals surface area contributed by atoms with E-state index in [9.17, 15) is 9.59 Å². The standard InChI is InChI=1S/C21H22Cl2N2O3/c1-24(11-3-13-28-17-8-5-15(22)6-9-17)21(27)18-10-7-16(23)14-19(18)25-12-2-4-20(25)26/h5-10,14H,2-4,11-13H2,1H3. The molecule has 0 unspecified atom stereocenters. The maximum atomic E-state index is 12.9. The molecule has 0 spiro atoms. The monoisotopic (exact) mass is 420 g/mol. The lowest BCUT2D eigenvalue weighted by molar-refractivity contribution is -0.117. The van der Waals surface area contributed by atoms with Crippen molar-refractivity contribution in [2.24, 2.45) is 0 Å². The lowest BCUT2D eigenvalue weighted by atomic mass is 10.1. The fourth-order valence-electron chi connectivity index (χ4n) is 3.14. The number of ether oxygens (including phenoxy) is 1. The lowest BCUT2D eigenvalue weighted by Crippen LogP contribution is -2.32. The molecule has 0 radical (unpaired) electrons. The molecule has 1 saturated heterocycles. The molecule has 3 rings (SSSR count). The molecule has 2 amide bonds. The van der Waals surface area contributed by atoms with Crippen molar-refractivity contribution in [1.82, 2.24) is 4.90 Å². The highest BCUT2D eigenvalue weighted by atomic mass is 35.5. The van der Waals surface area contributed by atoms with Crippen LogP contribution in [-0.2, 0) is 4.79 Å². The molecule has 28 heavy (non-hydrogen) atoms. The summed E-state index contributed by atoms with van der Waals surface area (Å²) >= 11 is 12.0. The van der Waals surface area contributed by atoms with Gasteiger partial charge in [-0.1, -0.05) is 23.2 Å². The second kappa shape index (κ2) is 9.30. The maximum absolute atomic E-state index is 12.9. The van der Waals surface area contributed by atoms with Crippen LogP contribution in [0.15, 0.2) is 42.5 Å². The van der Waals surface area contributed by atoms with Crippen molar-refractivity contribution in [2.45, 2.75) is 19.3 Å². The number of hydrogen-bond donors (Lipinski definition) is 0. The van der Waals surface area contributed by atoms with Crippen molar-refractivity contribution in [3.05, 3.63) is 58.1 Å². The summed E-state index contributed by atoms with van der Waals surface area (Å²) in [4.78, 5) is 28.3. The van der Waals surface area contributed by atoms with E-state index in [4.69, 9.17) is 27.9 Å². The second-order valence-corrected chi connectivity index (χ2v) is 7.57.